The first kappa shape index (κ1) is 24.9. The van der Waals surface area contributed by atoms with E-state index in [1.54, 1.807) is 4.90 Å². The van der Waals surface area contributed by atoms with Crippen LogP contribution in [0, 0.1) is 0 Å². The molecule has 2 rings (SSSR count). The summed E-state index contributed by atoms with van der Waals surface area (Å²) in [5.41, 5.74) is 0.616. The Hall–Kier alpha value is -2.37. The highest BCUT2D eigenvalue weighted by atomic mass is 16.7. The normalized spacial score (nSPS) is 12.5. The number of hydrogen-bond acceptors (Lipinski definition) is 5. The second-order valence-electron chi connectivity index (χ2n) is 9.22. The van der Waals surface area contributed by atoms with Gasteiger partial charge in [0.15, 0.2) is 5.82 Å². The molecular formula is C25H39N3O3. The van der Waals surface area contributed by atoms with Gasteiger partial charge in [-0.1, -0.05) is 87.9 Å². The zero-order valence-corrected chi connectivity index (χ0v) is 19.9. The molecule has 0 saturated carbocycles. The topological polar surface area (TPSA) is 68.5 Å². The third-order valence-electron chi connectivity index (χ3n) is 5.47. The summed E-state index contributed by atoms with van der Waals surface area (Å²) < 4.78 is 10.8. The molecular weight excluding hydrogens is 390 g/mol. The van der Waals surface area contributed by atoms with Crippen molar-refractivity contribution < 1.29 is 14.1 Å². The molecule has 0 N–H and O–H groups in total. The van der Waals surface area contributed by atoms with Gasteiger partial charge in [-0.2, -0.15) is 4.98 Å². The van der Waals surface area contributed by atoms with Crippen LogP contribution in [0.25, 0.3) is 0 Å². The average molecular weight is 430 g/mol. The van der Waals surface area contributed by atoms with E-state index in [0.717, 1.165) is 31.2 Å². The van der Waals surface area contributed by atoms with Crippen molar-refractivity contribution in [3.63, 3.8) is 0 Å². The van der Waals surface area contributed by atoms with E-state index in [1.165, 1.54) is 25.7 Å². The molecule has 0 aliphatic rings. The minimum absolute atomic E-state index is 0.0746. The maximum absolute atomic E-state index is 12.9. The van der Waals surface area contributed by atoms with E-state index in [1.807, 2.05) is 51.1 Å². The van der Waals surface area contributed by atoms with Crippen molar-refractivity contribution in [3.05, 3.63) is 41.7 Å². The van der Waals surface area contributed by atoms with Crippen molar-refractivity contribution in [2.24, 2.45) is 0 Å². The number of ether oxygens (including phenoxy) is 1. The van der Waals surface area contributed by atoms with Gasteiger partial charge in [0.05, 0.1) is 0 Å². The van der Waals surface area contributed by atoms with Gasteiger partial charge < -0.3 is 4.74 Å². The van der Waals surface area contributed by atoms with E-state index in [0.29, 0.717) is 12.4 Å². The molecule has 1 atom stereocenters. The molecule has 31 heavy (non-hydrogen) atoms. The van der Waals surface area contributed by atoms with E-state index in [4.69, 9.17) is 9.26 Å². The first-order valence-electron chi connectivity index (χ1n) is 11.7. The number of rotatable bonds is 12. The third-order valence-corrected chi connectivity index (χ3v) is 5.47. The molecule has 0 saturated heterocycles. The molecule has 2 aromatic rings. The molecule has 172 valence electrons. The molecule has 0 bridgehead atoms. The summed E-state index contributed by atoms with van der Waals surface area (Å²) >= 11 is 0. The van der Waals surface area contributed by atoms with Crippen molar-refractivity contribution >= 4 is 6.09 Å². The van der Waals surface area contributed by atoms with Crippen molar-refractivity contribution in [1.29, 1.82) is 0 Å². The Balaban J connectivity index is 2.01. The number of amides is 1. The smallest absolute Gasteiger partial charge is 0.358 e. The SMILES string of the molecule is CCCCCCCC(CCC)c1noc(OC(=O)N(Cc2ccccc2)C(C)(C)C)n1. The van der Waals surface area contributed by atoms with Crippen LogP contribution in [-0.4, -0.2) is 26.7 Å². The van der Waals surface area contributed by atoms with Crippen LogP contribution in [-0.2, 0) is 6.54 Å². The van der Waals surface area contributed by atoms with Gasteiger partial charge in [0.1, 0.15) is 0 Å². The fourth-order valence-corrected chi connectivity index (χ4v) is 3.64. The van der Waals surface area contributed by atoms with Crippen LogP contribution < -0.4 is 4.74 Å². The van der Waals surface area contributed by atoms with Gasteiger partial charge >= 0.3 is 12.2 Å². The number of hydrogen-bond donors (Lipinski definition) is 0. The zero-order valence-electron chi connectivity index (χ0n) is 19.9. The Labute approximate surface area is 187 Å². The zero-order chi connectivity index (χ0) is 22.7. The predicted octanol–water partition coefficient (Wildman–Crippen LogP) is 7.11. The van der Waals surface area contributed by atoms with Gasteiger partial charge in [-0.15, -0.1) is 0 Å². The van der Waals surface area contributed by atoms with E-state index < -0.39 is 11.6 Å². The Bertz CT molecular complexity index is 768. The summed E-state index contributed by atoms with van der Waals surface area (Å²) in [5, 5.41) is 4.13. The minimum Gasteiger partial charge on any atom is -0.358 e. The standard InChI is InChI=1S/C25H39N3O3/c1-6-8-9-10-14-18-21(15-7-2)22-26-23(31-27-22)30-24(29)28(25(3,4)5)19-20-16-12-11-13-17-20/h11-13,16-17,21H,6-10,14-15,18-19H2,1-5H3. The van der Waals surface area contributed by atoms with Gasteiger partial charge in [0.25, 0.3) is 0 Å². The second-order valence-corrected chi connectivity index (χ2v) is 9.22. The molecule has 0 aliphatic heterocycles. The van der Waals surface area contributed by atoms with E-state index in [-0.39, 0.29) is 12.0 Å². The number of carbonyl (C=O) groups excluding carboxylic acids is 1. The van der Waals surface area contributed by atoms with Crippen LogP contribution in [0.1, 0.15) is 103 Å². The van der Waals surface area contributed by atoms with Crippen LogP contribution >= 0.6 is 0 Å². The fraction of sp³-hybridized carbons (Fsp3) is 0.640. The number of nitrogens with zero attached hydrogens (tertiary/aromatic N) is 3. The van der Waals surface area contributed by atoms with E-state index >= 15 is 0 Å². The molecule has 1 amide bonds. The molecule has 1 aromatic heterocycles. The van der Waals surface area contributed by atoms with Crippen molar-refractivity contribution in [3.8, 4) is 6.08 Å². The number of aromatic nitrogens is 2. The quantitative estimate of drug-likeness (QED) is 0.336. The molecule has 0 fully saturated rings. The summed E-state index contributed by atoms with van der Waals surface area (Å²) in [5.74, 6) is 0.886. The molecule has 6 heteroatoms. The lowest BCUT2D eigenvalue weighted by atomic mass is 9.95. The van der Waals surface area contributed by atoms with Gasteiger partial charge in [0, 0.05) is 18.0 Å². The maximum Gasteiger partial charge on any atom is 0.426 e. The highest BCUT2D eigenvalue weighted by Gasteiger charge is 2.30. The van der Waals surface area contributed by atoms with Crippen LogP contribution in [0.4, 0.5) is 4.79 Å². The first-order chi connectivity index (χ1) is 14.8. The summed E-state index contributed by atoms with van der Waals surface area (Å²) in [7, 11) is 0. The lowest BCUT2D eigenvalue weighted by molar-refractivity contribution is 0.0895. The molecule has 1 unspecified atom stereocenters. The summed E-state index contributed by atoms with van der Waals surface area (Å²) in [6.45, 7) is 10.8. The van der Waals surface area contributed by atoms with Crippen LogP contribution in [0.15, 0.2) is 34.9 Å². The lowest BCUT2D eigenvalue weighted by Gasteiger charge is -2.34. The second kappa shape index (κ2) is 12.5. The molecule has 0 spiro atoms. The predicted molar refractivity (Wildman–Crippen MR) is 123 cm³/mol. The molecule has 1 aromatic carbocycles. The van der Waals surface area contributed by atoms with Gasteiger partial charge in [0.2, 0.25) is 0 Å². The molecule has 1 heterocycles. The molecule has 0 aliphatic carbocycles. The van der Waals surface area contributed by atoms with Crippen LogP contribution in [0.3, 0.4) is 0 Å². The van der Waals surface area contributed by atoms with Crippen molar-refractivity contribution in [2.45, 2.75) is 104 Å². The Kier molecular flexibility index (Phi) is 10.0. The number of carbonyl (C=O) groups is 1. The van der Waals surface area contributed by atoms with Gasteiger partial charge in [-0.05, 0) is 39.2 Å². The highest BCUT2D eigenvalue weighted by Crippen LogP contribution is 2.27. The minimum atomic E-state index is -0.488. The molecule has 0 radical (unpaired) electrons. The van der Waals surface area contributed by atoms with Gasteiger partial charge in [-0.3, -0.25) is 9.42 Å². The monoisotopic (exact) mass is 429 g/mol. The Morgan fingerprint density at radius 1 is 1.03 bits per heavy atom. The molecule has 6 nitrogen and oxygen atoms in total. The Morgan fingerprint density at radius 2 is 1.74 bits per heavy atom. The van der Waals surface area contributed by atoms with E-state index in [2.05, 4.69) is 24.0 Å². The number of benzene rings is 1. The average Bonchev–Trinajstić information content (AvgIpc) is 3.19. The Morgan fingerprint density at radius 3 is 2.39 bits per heavy atom. The summed E-state index contributed by atoms with van der Waals surface area (Å²) in [6.07, 6.45) is 8.72. The van der Waals surface area contributed by atoms with Crippen LogP contribution in [0.5, 0.6) is 6.08 Å². The third kappa shape index (κ3) is 8.35. The van der Waals surface area contributed by atoms with E-state index in [9.17, 15) is 4.79 Å². The summed E-state index contributed by atoms with van der Waals surface area (Å²) in [4.78, 5) is 19.0. The maximum atomic E-state index is 12.9. The van der Waals surface area contributed by atoms with Crippen LogP contribution in [0.2, 0.25) is 0 Å². The lowest BCUT2D eigenvalue weighted by Crippen LogP contribution is -2.46. The van der Waals surface area contributed by atoms with Crippen molar-refractivity contribution in [1.82, 2.24) is 15.0 Å². The fourth-order valence-electron chi connectivity index (χ4n) is 3.64. The number of unbranched alkanes of at least 4 members (excludes halogenated alkanes) is 4. The first-order valence-corrected chi connectivity index (χ1v) is 11.7. The highest BCUT2D eigenvalue weighted by molar-refractivity contribution is 5.70. The van der Waals surface area contributed by atoms with Crippen molar-refractivity contribution in [2.75, 3.05) is 0 Å². The largest absolute Gasteiger partial charge is 0.426 e. The van der Waals surface area contributed by atoms with Gasteiger partial charge in [-0.25, -0.2) is 4.79 Å². The summed E-state index contributed by atoms with van der Waals surface area (Å²) in [6, 6.07) is 9.86.